The molecule has 3 rings (SSSR count). The minimum absolute atomic E-state index is 0.119. The van der Waals surface area contributed by atoms with Gasteiger partial charge in [0.05, 0.1) is 17.1 Å². The van der Waals surface area contributed by atoms with E-state index >= 15 is 0 Å². The van der Waals surface area contributed by atoms with Crippen molar-refractivity contribution in [3.05, 3.63) is 22.7 Å². The highest BCUT2D eigenvalue weighted by Crippen LogP contribution is 2.51. The Balaban J connectivity index is 2.24. The predicted octanol–water partition coefficient (Wildman–Crippen LogP) is 1.50. The van der Waals surface area contributed by atoms with Gasteiger partial charge in [-0.05, 0) is 19.8 Å². The molecule has 0 radical (unpaired) electrons. The van der Waals surface area contributed by atoms with E-state index in [4.69, 9.17) is 15.2 Å². The summed E-state index contributed by atoms with van der Waals surface area (Å²) in [5.74, 6) is 0.634. The molecular formula is C14H18N4O2. The Morgan fingerprint density at radius 2 is 2.40 bits per heavy atom. The van der Waals surface area contributed by atoms with Gasteiger partial charge in [-0.2, -0.15) is 5.26 Å². The molecule has 0 saturated carbocycles. The first-order chi connectivity index (χ1) is 9.65. The summed E-state index contributed by atoms with van der Waals surface area (Å²) in [6.07, 6.45) is 2.45. The summed E-state index contributed by atoms with van der Waals surface area (Å²) >= 11 is 0. The van der Waals surface area contributed by atoms with Crippen LogP contribution in [0.4, 0.5) is 0 Å². The second-order valence-electron chi connectivity index (χ2n) is 5.32. The van der Waals surface area contributed by atoms with Crippen molar-refractivity contribution in [2.24, 2.45) is 5.73 Å². The topological polar surface area (TPSA) is 97.0 Å². The Morgan fingerprint density at radius 1 is 1.60 bits per heavy atom. The predicted molar refractivity (Wildman–Crippen MR) is 71.7 cm³/mol. The lowest BCUT2D eigenvalue weighted by Crippen LogP contribution is -2.41. The van der Waals surface area contributed by atoms with Gasteiger partial charge in [-0.25, -0.2) is 0 Å². The van der Waals surface area contributed by atoms with Crippen molar-refractivity contribution >= 4 is 0 Å². The monoisotopic (exact) mass is 274 g/mol. The highest BCUT2D eigenvalue weighted by atomic mass is 16.5. The first-order valence-electron chi connectivity index (χ1n) is 6.92. The molecule has 0 unspecified atom stereocenters. The van der Waals surface area contributed by atoms with E-state index in [2.05, 4.69) is 23.2 Å². The largest absolute Gasteiger partial charge is 0.420 e. The van der Waals surface area contributed by atoms with Crippen LogP contribution in [-0.2, 0) is 16.6 Å². The van der Waals surface area contributed by atoms with E-state index in [1.807, 2.05) is 6.92 Å². The van der Waals surface area contributed by atoms with Gasteiger partial charge in [0, 0.05) is 12.3 Å². The van der Waals surface area contributed by atoms with Crippen LogP contribution >= 0.6 is 0 Å². The number of ether oxygens (including phenoxy) is 2. The second-order valence-corrected chi connectivity index (χ2v) is 5.32. The van der Waals surface area contributed by atoms with Crippen LogP contribution in [0.3, 0.4) is 0 Å². The van der Waals surface area contributed by atoms with Crippen LogP contribution in [-0.4, -0.2) is 22.9 Å². The second kappa shape index (κ2) is 4.53. The van der Waals surface area contributed by atoms with Crippen LogP contribution < -0.4 is 10.5 Å². The number of nitrogens with zero attached hydrogens (tertiary/aromatic N) is 2. The SMILES string of the molecule is CCCc1[nH]nc2c1[C@]1(CCO[C@H]1C)C(C#N)=C(N)O2. The molecule has 2 aliphatic rings. The molecule has 1 fully saturated rings. The lowest BCUT2D eigenvalue weighted by molar-refractivity contribution is 0.0996. The molecule has 3 N–H and O–H groups in total. The minimum Gasteiger partial charge on any atom is -0.420 e. The van der Waals surface area contributed by atoms with Gasteiger partial charge in [0.15, 0.2) is 0 Å². The number of aryl methyl sites for hydroxylation is 1. The van der Waals surface area contributed by atoms with Crippen molar-refractivity contribution in [1.82, 2.24) is 10.2 Å². The van der Waals surface area contributed by atoms with E-state index in [1.54, 1.807) is 0 Å². The molecule has 6 heteroatoms. The van der Waals surface area contributed by atoms with E-state index in [1.165, 1.54) is 0 Å². The number of hydrogen-bond donors (Lipinski definition) is 2. The number of aromatic nitrogens is 2. The highest BCUT2D eigenvalue weighted by molar-refractivity contribution is 5.55. The van der Waals surface area contributed by atoms with Crippen LogP contribution in [0.25, 0.3) is 0 Å². The number of fused-ring (bicyclic) bond motifs is 2. The third kappa shape index (κ3) is 1.50. The Kier molecular flexibility index (Phi) is 2.94. The summed E-state index contributed by atoms with van der Waals surface area (Å²) in [7, 11) is 0. The average Bonchev–Trinajstić information content (AvgIpc) is 2.97. The van der Waals surface area contributed by atoms with E-state index in [0.717, 1.165) is 30.5 Å². The standard InChI is InChI=1S/C14H18N4O2/c1-3-4-10-11-13(18-17-10)20-12(16)9(7-15)14(11)5-6-19-8(14)2/h8H,3-6,16H2,1-2H3,(H,17,18)/t8-,14-/m0/s1. The quantitative estimate of drug-likeness (QED) is 0.851. The number of rotatable bonds is 2. The lowest BCUT2D eigenvalue weighted by Gasteiger charge is -2.35. The van der Waals surface area contributed by atoms with Crippen molar-refractivity contribution in [3.63, 3.8) is 0 Å². The van der Waals surface area contributed by atoms with Crippen LogP contribution in [0.15, 0.2) is 11.5 Å². The summed E-state index contributed by atoms with van der Waals surface area (Å²) in [6, 6.07) is 2.22. The molecule has 1 aromatic rings. The maximum absolute atomic E-state index is 9.53. The third-order valence-corrected chi connectivity index (χ3v) is 4.32. The van der Waals surface area contributed by atoms with Crippen molar-refractivity contribution in [3.8, 4) is 11.9 Å². The molecule has 106 valence electrons. The van der Waals surface area contributed by atoms with Gasteiger partial charge < -0.3 is 15.2 Å². The normalized spacial score (nSPS) is 28.4. The molecule has 3 heterocycles. The fourth-order valence-electron chi connectivity index (χ4n) is 3.38. The Bertz CT molecular complexity index is 613. The number of nitrogens with one attached hydrogen (secondary N) is 1. The van der Waals surface area contributed by atoms with E-state index in [9.17, 15) is 5.26 Å². The van der Waals surface area contributed by atoms with Crippen molar-refractivity contribution in [2.75, 3.05) is 6.61 Å². The summed E-state index contributed by atoms with van der Waals surface area (Å²) in [5, 5.41) is 16.8. The first-order valence-corrected chi connectivity index (χ1v) is 6.92. The van der Waals surface area contributed by atoms with Gasteiger partial charge in [0.2, 0.25) is 11.8 Å². The third-order valence-electron chi connectivity index (χ3n) is 4.32. The molecule has 2 atom stereocenters. The first kappa shape index (κ1) is 13.0. The molecule has 2 aliphatic heterocycles. The summed E-state index contributed by atoms with van der Waals surface area (Å²) in [4.78, 5) is 0. The van der Waals surface area contributed by atoms with E-state index in [-0.39, 0.29) is 12.0 Å². The molecule has 20 heavy (non-hydrogen) atoms. The minimum atomic E-state index is -0.524. The lowest BCUT2D eigenvalue weighted by atomic mass is 9.68. The van der Waals surface area contributed by atoms with E-state index in [0.29, 0.717) is 18.1 Å². The maximum Gasteiger partial charge on any atom is 0.244 e. The summed E-state index contributed by atoms with van der Waals surface area (Å²) < 4.78 is 11.3. The zero-order valence-corrected chi connectivity index (χ0v) is 11.7. The van der Waals surface area contributed by atoms with Crippen molar-refractivity contribution in [2.45, 2.75) is 44.6 Å². The van der Waals surface area contributed by atoms with Gasteiger partial charge in [-0.15, -0.1) is 5.10 Å². The van der Waals surface area contributed by atoms with Gasteiger partial charge in [0.25, 0.3) is 0 Å². The Hall–Kier alpha value is -2.00. The smallest absolute Gasteiger partial charge is 0.244 e. The van der Waals surface area contributed by atoms with Crippen LogP contribution in [0.2, 0.25) is 0 Å². The number of hydrogen-bond acceptors (Lipinski definition) is 5. The van der Waals surface area contributed by atoms with Gasteiger partial charge in [-0.3, -0.25) is 5.10 Å². The van der Waals surface area contributed by atoms with Gasteiger partial charge in [0.1, 0.15) is 11.6 Å². The van der Waals surface area contributed by atoms with Gasteiger partial charge in [-0.1, -0.05) is 13.3 Å². The molecule has 1 spiro atoms. The Morgan fingerprint density at radius 3 is 3.00 bits per heavy atom. The zero-order chi connectivity index (χ0) is 14.3. The van der Waals surface area contributed by atoms with Crippen molar-refractivity contribution < 1.29 is 9.47 Å². The number of aromatic amines is 1. The fraction of sp³-hybridized carbons (Fsp3) is 0.571. The molecule has 6 nitrogen and oxygen atoms in total. The summed E-state index contributed by atoms with van der Waals surface area (Å²) in [6.45, 7) is 4.69. The molecule has 0 aromatic carbocycles. The van der Waals surface area contributed by atoms with Crippen LogP contribution in [0.1, 0.15) is 37.9 Å². The van der Waals surface area contributed by atoms with Crippen molar-refractivity contribution in [1.29, 1.82) is 5.26 Å². The summed E-state index contributed by atoms with van der Waals surface area (Å²) in [5.41, 5.74) is 7.84. The van der Waals surface area contributed by atoms with E-state index < -0.39 is 5.41 Å². The van der Waals surface area contributed by atoms with Gasteiger partial charge >= 0.3 is 0 Å². The molecule has 1 saturated heterocycles. The van der Waals surface area contributed by atoms with Crippen LogP contribution in [0, 0.1) is 11.3 Å². The molecule has 0 amide bonds. The number of nitrogens with two attached hydrogens (primary N) is 1. The molecule has 0 aliphatic carbocycles. The molecular weight excluding hydrogens is 256 g/mol. The van der Waals surface area contributed by atoms with Crippen LogP contribution in [0.5, 0.6) is 5.88 Å². The zero-order valence-electron chi connectivity index (χ0n) is 11.7. The maximum atomic E-state index is 9.53. The number of nitriles is 1. The highest BCUT2D eigenvalue weighted by Gasteiger charge is 2.54. The average molecular weight is 274 g/mol. The molecule has 0 bridgehead atoms. The fourth-order valence-corrected chi connectivity index (χ4v) is 3.38. The Labute approximate surface area is 117 Å². The number of H-pyrrole nitrogens is 1. The molecule has 1 aromatic heterocycles.